The van der Waals surface area contributed by atoms with Crippen LogP contribution in [0.1, 0.15) is 15.9 Å². The average molecular weight is 272 g/mol. The highest BCUT2D eigenvalue weighted by atomic mass is 32.2. The van der Waals surface area contributed by atoms with Gasteiger partial charge in [0, 0.05) is 20.9 Å². The molecule has 0 atom stereocenters. The summed E-state index contributed by atoms with van der Waals surface area (Å²) in [7, 11) is 0. The van der Waals surface area contributed by atoms with Crippen molar-refractivity contribution in [2.45, 2.75) is 9.79 Å². The van der Waals surface area contributed by atoms with Gasteiger partial charge in [-0.1, -0.05) is 12.1 Å². The molecule has 0 spiro atoms. The Morgan fingerprint density at radius 2 is 1.17 bits per heavy atom. The molecule has 0 bridgehead atoms. The largest absolute Gasteiger partial charge is 0.289 e. The molecular weight excluding hydrogens is 260 g/mol. The van der Waals surface area contributed by atoms with Gasteiger partial charge >= 0.3 is 0 Å². The van der Waals surface area contributed by atoms with E-state index < -0.39 is 0 Å². The van der Waals surface area contributed by atoms with E-state index in [-0.39, 0.29) is 5.78 Å². The third-order valence-corrected chi connectivity index (χ3v) is 4.68. The van der Waals surface area contributed by atoms with Crippen LogP contribution in [0.3, 0.4) is 0 Å². The van der Waals surface area contributed by atoms with E-state index >= 15 is 0 Å². The van der Waals surface area contributed by atoms with Gasteiger partial charge in [0.1, 0.15) is 0 Å². The molecule has 0 saturated carbocycles. The third-order valence-electron chi connectivity index (χ3n) is 3.23. The number of carbonyl (C=O) groups excluding carboxylic acids is 1. The molecule has 0 fully saturated rings. The lowest BCUT2D eigenvalue weighted by molar-refractivity contribution is 0.104. The minimum Gasteiger partial charge on any atom is -0.289 e. The van der Waals surface area contributed by atoms with Gasteiger partial charge in [0.15, 0.2) is 5.78 Å². The normalized spacial score (nSPS) is 12.4. The van der Waals surface area contributed by atoms with Gasteiger partial charge in [-0.2, -0.15) is 0 Å². The van der Waals surface area contributed by atoms with E-state index in [9.17, 15) is 4.79 Å². The van der Waals surface area contributed by atoms with E-state index in [2.05, 4.69) is 24.3 Å². The van der Waals surface area contributed by atoms with Crippen LogP contribution in [0.25, 0.3) is 11.1 Å². The molecule has 1 nitrogen and oxygen atoms in total. The van der Waals surface area contributed by atoms with E-state index in [1.165, 1.54) is 0 Å². The molecular formula is C15H12OS2. The van der Waals surface area contributed by atoms with Crippen molar-refractivity contribution in [3.8, 4) is 11.1 Å². The lowest BCUT2D eigenvalue weighted by atomic mass is 10.1. The molecule has 18 heavy (non-hydrogen) atoms. The first-order valence-corrected chi connectivity index (χ1v) is 8.10. The average Bonchev–Trinajstić information content (AvgIpc) is 2.71. The molecule has 3 rings (SSSR count). The summed E-state index contributed by atoms with van der Waals surface area (Å²) in [6.07, 6.45) is 4.06. The van der Waals surface area contributed by atoms with Crippen LogP contribution in [-0.4, -0.2) is 18.3 Å². The van der Waals surface area contributed by atoms with Crippen LogP contribution in [0.4, 0.5) is 0 Å². The zero-order chi connectivity index (χ0) is 12.7. The van der Waals surface area contributed by atoms with E-state index in [0.29, 0.717) is 0 Å². The van der Waals surface area contributed by atoms with E-state index in [1.54, 1.807) is 23.5 Å². The molecule has 1 aliphatic carbocycles. The Labute approximate surface area is 115 Å². The topological polar surface area (TPSA) is 17.1 Å². The van der Waals surface area contributed by atoms with Crippen molar-refractivity contribution in [2.75, 3.05) is 12.5 Å². The van der Waals surface area contributed by atoms with Crippen LogP contribution in [0, 0.1) is 0 Å². The second-order valence-electron chi connectivity index (χ2n) is 4.15. The second kappa shape index (κ2) is 4.48. The van der Waals surface area contributed by atoms with Gasteiger partial charge in [0.2, 0.25) is 0 Å². The van der Waals surface area contributed by atoms with Crippen LogP contribution < -0.4 is 0 Å². The van der Waals surface area contributed by atoms with Crippen molar-refractivity contribution < 1.29 is 4.79 Å². The lowest BCUT2D eigenvalue weighted by Gasteiger charge is -2.02. The second-order valence-corrected chi connectivity index (χ2v) is 5.91. The summed E-state index contributed by atoms with van der Waals surface area (Å²) in [5.41, 5.74) is 3.83. The molecule has 0 N–H and O–H groups in total. The number of thioether (sulfide) groups is 2. The molecule has 0 aromatic heterocycles. The number of rotatable bonds is 2. The molecule has 0 radical (unpaired) electrons. The SMILES string of the molecule is CSc1ccc2c(c1)C(=O)c1cc(SC)ccc1-2. The summed E-state index contributed by atoms with van der Waals surface area (Å²) in [5.74, 6) is 0.159. The first-order valence-electron chi connectivity index (χ1n) is 5.65. The number of fused-ring (bicyclic) bond motifs is 3. The highest BCUT2D eigenvalue weighted by molar-refractivity contribution is 7.98. The molecule has 90 valence electrons. The van der Waals surface area contributed by atoms with Gasteiger partial charge in [-0.15, -0.1) is 23.5 Å². The highest BCUT2D eigenvalue weighted by Crippen LogP contribution is 2.39. The minimum absolute atomic E-state index is 0.159. The molecule has 2 aromatic carbocycles. The number of benzene rings is 2. The predicted octanol–water partition coefficient (Wildman–Crippen LogP) is 4.34. The molecule has 1 aliphatic rings. The monoisotopic (exact) mass is 272 g/mol. The van der Waals surface area contributed by atoms with Crippen molar-refractivity contribution >= 4 is 29.3 Å². The zero-order valence-corrected chi connectivity index (χ0v) is 11.8. The van der Waals surface area contributed by atoms with Crippen molar-refractivity contribution in [1.82, 2.24) is 0 Å². The minimum atomic E-state index is 0.159. The Bertz CT molecular complexity index is 591. The van der Waals surface area contributed by atoms with Crippen molar-refractivity contribution in [1.29, 1.82) is 0 Å². The standard InChI is InChI=1S/C15H12OS2/c1-17-9-3-5-11-12-6-4-10(18-2)8-14(12)15(16)13(11)7-9/h3-8H,1-2H3. The van der Waals surface area contributed by atoms with Crippen molar-refractivity contribution in [3.63, 3.8) is 0 Å². The smallest absolute Gasteiger partial charge is 0.194 e. The molecule has 3 heteroatoms. The summed E-state index contributed by atoms with van der Waals surface area (Å²) < 4.78 is 0. The molecule has 0 heterocycles. The van der Waals surface area contributed by atoms with Crippen LogP contribution in [0.2, 0.25) is 0 Å². The fourth-order valence-corrected chi connectivity index (χ4v) is 3.17. The quantitative estimate of drug-likeness (QED) is 0.646. The van der Waals surface area contributed by atoms with Gasteiger partial charge in [0.05, 0.1) is 0 Å². The van der Waals surface area contributed by atoms with Gasteiger partial charge in [-0.05, 0) is 47.9 Å². The lowest BCUT2D eigenvalue weighted by Crippen LogP contribution is -1.95. The summed E-state index contributed by atoms with van der Waals surface area (Å²) in [6.45, 7) is 0. The maximum atomic E-state index is 12.4. The van der Waals surface area contributed by atoms with Crippen molar-refractivity contribution in [3.05, 3.63) is 47.5 Å². The van der Waals surface area contributed by atoms with E-state index in [1.807, 2.05) is 24.6 Å². The number of ketones is 1. The fourth-order valence-electron chi connectivity index (χ4n) is 2.29. The van der Waals surface area contributed by atoms with Crippen molar-refractivity contribution in [2.24, 2.45) is 0 Å². The maximum Gasteiger partial charge on any atom is 0.194 e. The number of hydrogen-bond acceptors (Lipinski definition) is 3. The number of carbonyl (C=O) groups is 1. The Balaban J connectivity index is 2.21. The Morgan fingerprint density at radius 1 is 0.722 bits per heavy atom. The summed E-state index contributed by atoms with van der Waals surface area (Å²) in [6, 6.07) is 12.3. The highest BCUT2D eigenvalue weighted by Gasteiger charge is 2.26. The van der Waals surface area contributed by atoms with Gasteiger partial charge < -0.3 is 0 Å². The van der Waals surface area contributed by atoms with Crippen LogP contribution in [-0.2, 0) is 0 Å². The van der Waals surface area contributed by atoms with Crippen LogP contribution in [0.5, 0.6) is 0 Å². The van der Waals surface area contributed by atoms with E-state index in [0.717, 1.165) is 32.0 Å². The van der Waals surface area contributed by atoms with Crippen LogP contribution in [0.15, 0.2) is 46.2 Å². The zero-order valence-electron chi connectivity index (χ0n) is 10.2. The predicted molar refractivity (Wildman–Crippen MR) is 78.9 cm³/mol. The molecule has 0 unspecified atom stereocenters. The summed E-state index contributed by atoms with van der Waals surface area (Å²) in [4.78, 5) is 14.7. The van der Waals surface area contributed by atoms with E-state index in [4.69, 9.17) is 0 Å². The first kappa shape index (κ1) is 11.9. The van der Waals surface area contributed by atoms with Gasteiger partial charge in [-0.25, -0.2) is 0 Å². The molecule has 2 aromatic rings. The maximum absolute atomic E-state index is 12.4. The summed E-state index contributed by atoms with van der Waals surface area (Å²) in [5, 5.41) is 0. The Morgan fingerprint density at radius 3 is 1.56 bits per heavy atom. The molecule has 0 aliphatic heterocycles. The molecule has 0 amide bonds. The Hall–Kier alpha value is -1.19. The fraction of sp³-hybridized carbons (Fsp3) is 0.133. The third kappa shape index (κ3) is 1.70. The molecule has 0 saturated heterocycles. The summed E-state index contributed by atoms with van der Waals surface area (Å²) >= 11 is 3.33. The van der Waals surface area contributed by atoms with Gasteiger partial charge in [0.25, 0.3) is 0 Å². The first-order chi connectivity index (χ1) is 8.74. The number of hydrogen-bond donors (Lipinski definition) is 0. The van der Waals surface area contributed by atoms with Crippen LogP contribution >= 0.6 is 23.5 Å². The van der Waals surface area contributed by atoms with Gasteiger partial charge in [-0.3, -0.25) is 4.79 Å². The Kier molecular flexibility index (Phi) is 2.96.